The minimum atomic E-state index is -3.91. The molecule has 0 unspecified atom stereocenters. The lowest BCUT2D eigenvalue weighted by atomic mass is 10.1. The van der Waals surface area contributed by atoms with E-state index in [0.717, 1.165) is 29.1 Å². The van der Waals surface area contributed by atoms with Crippen LogP contribution in [0, 0.1) is 0 Å². The molecule has 0 atom stereocenters. The van der Waals surface area contributed by atoms with Crippen molar-refractivity contribution in [3.05, 3.63) is 60.2 Å². The number of amides is 1. The fraction of sp³-hybridized carbons (Fsp3) is 0.316. The normalized spacial score (nSPS) is 11.2. The first-order valence-corrected chi connectivity index (χ1v) is 9.66. The Labute approximate surface area is 144 Å². The van der Waals surface area contributed by atoms with Crippen molar-refractivity contribution in [2.24, 2.45) is 0 Å². The molecule has 0 fully saturated rings. The van der Waals surface area contributed by atoms with Crippen LogP contribution in [0.2, 0.25) is 0 Å². The first-order chi connectivity index (χ1) is 11.5. The molecule has 0 spiro atoms. The molecule has 0 saturated carbocycles. The van der Waals surface area contributed by atoms with Gasteiger partial charge in [-0.05, 0) is 42.7 Å². The van der Waals surface area contributed by atoms with E-state index >= 15 is 0 Å². The Morgan fingerprint density at radius 1 is 0.958 bits per heavy atom. The molecule has 1 amide bonds. The second-order valence-corrected chi connectivity index (χ2v) is 7.39. The first kappa shape index (κ1) is 18.2. The number of hydrogen-bond donors (Lipinski definition) is 0. The molecule has 0 bridgehead atoms. The topological polar surface area (TPSA) is 54.5 Å². The minimum absolute atomic E-state index is 0.113. The Kier molecular flexibility index (Phi) is 6.15. The third kappa shape index (κ3) is 4.03. The van der Waals surface area contributed by atoms with Gasteiger partial charge in [-0.15, -0.1) is 0 Å². The van der Waals surface area contributed by atoms with Gasteiger partial charge in [0.15, 0.2) is 0 Å². The lowest BCUT2D eigenvalue weighted by Crippen LogP contribution is -2.36. The average Bonchev–Trinajstić information content (AvgIpc) is 2.61. The number of aryl methyl sites for hydroxylation is 1. The van der Waals surface area contributed by atoms with Crippen LogP contribution in [0.25, 0.3) is 0 Å². The number of anilines is 1. The highest BCUT2D eigenvalue weighted by atomic mass is 32.2. The lowest BCUT2D eigenvalue weighted by Gasteiger charge is -2.22. The zero-order chi connectivity index (χ0) is 17.6. The largest absolute Gasteiger partial charge is 0.273 e. The van der Waals surface area contributed by atoms with Crippen LogP contribution in [0.5, 0.6) is 0 Å². The van der Waals surface area contributed by atoms with Gasteiger partial charge in [-0.3, -0.25) is 4.79 Å². The monoisotopic (exact) mass is 345 g/mol. The number of carbonyl (C=O) groups excluding carboxylic acids is 1. The highest BCUT2D eigenvalue weighted by Gasteiger charge is 2.29. The Bertz CT molecular complexity index is 768. The molecule has 2 aromatic carbocycles. The van der Waals surface area contributed by atoms with Crippen LogP contribution >= 0.6 is 0 Å². The summed E-state index contributed by atoms with van der Waals surface area (Å²) < 4.78 is 26.7. The SMILES string of the molecule is CCCCc1ccc(N(C(=O)CC)S(=O)(=O)c2ccccc2)cc1. The zero-order valence-corrected chi connectivity index (χ0v) is 14.9. The highest BCUT2D eigenvalue weighted by molar-refractivity contribution is 7.93. The molecule has 24 heavy (non-hydrogen) atoms. The van der Waals surface area contributed by atoms with Crippen molar-refractivity contribution in [3.8, 4) is 0 Å². The maximum absolute atomic E-state index is 12.9. The maximum Gasteiger partial charge on any atom is 0.270 e. The van der Waals surface area contributed by atoms with Gasteiger partial charge in [0.05, 0.1) is 10.6 Å². The number of benzene rings is 2. The van der Waals surface area contributed by atoms with Gasteiger partial charge in [-0.2, -0.15) is 0 Å². The van der Waals surface area contributed by atoms with Crippen LogP contribution in [-0.2, 0) is 21.2 Å². The van der Waals surface area contributed by atoms with Gasteiger partial charge in [0.2, 0.25) is 5.91 Å². The summed E-state index contributed by atoms with van der Waals surface area (Å²) in [5.74, 6) is -0.444. The summed E-state index contributed by atoms with van der Waals surface area (Å²) >= 11 is 0. The number of hydrogen-bond acceptors (Lipinski definition) is 3. The summed E-state index contributed by atoms with van der Waals surface area (Å²) in [5, 5.41) is 0. The Balaban J connectivity index is 2.41. The molecular formula is C19H23NO3S. The smallest absolute Gasteiger partial charge is 0.270 e. The van der Waals surface area contributed by atoms with E-state index in [1.807, 2.05) is 12.1 Å². The minimum Gasteiger partial charge on any atom is -0.273 e. The van der Waals surface area contributed by atoms with Gasteiger partial charge in [-0.1, -0.05) is 50.6 Å². The van der Waals surface area contributed by atoms with Gasteiger partial charge in [0.25, 0.3) is 10.0 Å². The fourth-order valence-electron chi connectivity index (χ4n) is 2.44. The van der Waals surface area contributed by atoms with Crippen molar-refractivity contribution >= 4 is 21.6 Å². The molecule has 0 saturated heterocycles. The van der Waals surface area contributed by atoms with E-state index in [0.29, 0.717) is 5.69 Å². The van der Waals surface area contributed by atoms with Gasteiger partial charge in [0, 0.05) is 6.42 Å². The summed E-state index contributed by atoms with van der Waals surface area (Å²) in [6.07, 6.45) is 3.25. The maximum atomic E-state index is 12.9. The number of nitrogens with zero attached hydrogens (tertiary/aromatic N) is 1. The van der Waals surface area contributed by atoms with Gasteiger partial charge in [-0.25, -0.2) is 12.7 Å². The third-order valence-corrected chi connectivity index (χ3v) is 5.56. The van der Waals surface area contributed by atoms with E-state index in [9.17, 15) is 13.2 Å². The summed E-state index contributed by atoms with van der Waals surface area (Å²) in [7, 11) is -3.91. The molecule has 2 aromatic rings. The molecule has 0 heterocycles. The van der Waals surface area contributed by atoms with E-state index in [4.69, 9.17) is 0 Å². The summed E-state index contributed by atoms with van der Waals surface area (Å²) in [5.41, 5.74) is 1.52. The zero-order valence-electron chi connectivity index (χ0n) is 14.1. The second-order valence-electron chi connectivity index (χ2n) is 5.60. The quantitative estimate of drug-likeness (QED) is 0.757. The van der Waals surface area contributed by atoms with E-state index in [1.165, 1.54) is 12.1 Å². The van der Waals surface area contributed by atoms with E-state index in [-0.39, 0.29) is 11.3 Å². The number of rotatable bonds is 7. The third-order valence-electron chi connectivity index (χ3n) is 3.80. The van der Waals surface area contributed by atoms with E-state index < -0.39 is 15.9 Å². The van der Waals surface area contributed by atoms with Crippen LogP contribution < -0.4 is 4.31 Å². The van der Waals surface area contributed by atoms with Crippen LogP contribution in [0.15, 0.2) is 59.5 Å². The lowest BCUT2D eigenvalue weighted by molar-refractivity contribution is -0.117. The Morgan fingerprint density at radius 2 is 1.58 bits per heavy atom. The highest BCUT2D eigenvalue weighted by Crippen LogP contribution is 2.25. The molecule has 0 aliphatic carbocycles. The molecule has 0 radical (unpaired) electrons. The summed E-state index contributed by atoms with van der Waals surface area (Å²) in [6.45, 7) is 3.79. The number of unbranched alkanes of at least 4 members (excludes halogenated alkanes) is 1. The van der Waals surface area contributed by atoms with E-state index in [2.05, 4.69) is 6.92 Å². The van der Waals surface area contributed by atoms with Crippen molar-refractivity contribution < 1.29 is 13.2 Å². The summed E-state index contributed by atoms with van der Waals surface area (Å²) in [6, 6.07) is 15.2. The van der Waals surface area contributed by atoms with Crippen molar-refractivity contribution in [1.29, 1.82) is 0 Å². The van der Waals surface area contributed by atoms with Crippen molar-refractivity contribution in [3.63, 3.8) is 0 Å². The molecule has 0 aliphatic heterocycles. The molecule has 0 aromatic heterocycles. The van der Waals surface area contributed by atoms with E-state index in [1.54, 1.807) is 37.3 Å². The van der Waals surface area contributed by atoms with Gasteiger partial charge < -0.3 is 0 Å². The van der Waals surface area contributed by atoms with Gasteiger partial charge >= 0.3 is 0 Å². The van der Waals surface area contributed by atoms with Crippen LogP contribution in [0.4, 0.5) is 5.69 Å². The summed E-state index contributed by atoms with van der Waals surface area (Å²) in [4.78, 5) is 12.4. The van der Waals surface area contributed by atoms with Crippen molar-refractivity contribution in [2.75, 3.05) is 4.31 Å². The van der Waals surface area contributed by atoms with Crippen LogP contribution in [-0.4, -0.2) is 14.3 Å². The molecular weight excluding hydrogens is 322 g/mol. The standard InChI is InChI=1S/C19H23NO3S/c1-3-5-9-16-12-14-17(15-13-16)20(19(21)4-2)24(22,23)18-10-7-6-8-11-18/h6-8,10-15H,3-5,9H2,1-2H3. The molecule has 0 aliphatic rings. The number of sulfonamides is 1. The molecule has 2 rings (SSSR count). The molecule has 5 heteroatoms. The molecule has 0 N–H and O–H groups in total. The fourth-order valence-corrected chi connectivity index (χ4v) is 3.95. The Morgan fingerprint density at radius 3 is 2.12 bits per heavy atom. The average molecular weight is 345 g/mol. The van der Waals surface area contributed by atoms with Crippen molar-refractivity contribution in [1.82, 2.24) is 0 Å². The second kappa shape index (κ2) is 8.11. The predicted molar refractivity (Wildman–Crippen MR) is 96.5 cm³/mol. The predicted octanol–water partition coefficient (Wildman–Crippen LogP) is 4.16. The van der Waals surface area contributed by atoms with Crippen molar-refractivity contribution in [2.45, 2.75) is 44.4 Å². The van der Waals surface area contributed by atoms with Gasteiger partial charge in [0.1, 0.15) is 0 Å². The Hall–Kier alpha value is -2.14. The van der Waals surface area contributed by atoms with Crippen LogP contribution in [0.1, 0.15) is 38.7 Å². The molecule has 128 valence electrons. The molecule has 4 nitrogen and oxygen atoms in total. The number of carbonyl (C=O) groups is 1. The first-order valence-electron chi connectivity index (χ1n) is 8.22. The van der Waals surface area contributed by atoms with Crippen LogP contribution in [0.3, 0.4) is 0 Å².